The minimum Gasteiger partial charge on any atom is -0.493 e. The van der Waals surface area contributed by atoms with Crippen molar-refractivity contribution in [1.29, 1.82) is 0 Å². The molecule has 3 aromatic rings. The molecule has 0 spiro atoms. The molecular formula is C22H16BrCl3N2O3. The molecule has 0 saturated heterocycles. The van der Waals surface area contributed by atoms with E-state index in [1.165, 1.54) is 13.3 Å². The van der Waals surface area contributed by atoms with Gasteiger partial charge < -0.3 is 9.47 Å². The number of hydrogen-bond acceptors (Lipinski definition) is 4. The van der Waals surface area contributed by atoms with Gasteiger partial charge in [-0.05, 0) is 64.0 Å². The van der Waals surface area contributed by atoms with Crippen molar-refractivity contribution in [1.82, 2.24) is 5.43 Å². The van der Waals surface area contributed by atoms with Crippen molar-refractivity contribution in [2.45, 2.75) is 6.61 Å². The van der Waals surface area contributed by atoms with E-state index in [4.69, 9.17) is 44.3 Å². The molecule has 3 aromatic carbocycles. The van der Waals surface area contributed by atoms with Crippen molar-refractivity contribution < 1.29 is 14.3 Å². The van der Waals surface area contributed by atoms with Gasteiger partial charge in [0.1, 0.15) is 6.61 Å². The van der Waals surface area contributed by atoms with Crippen LogP contribution in [0.15, 0.2) is 64.2 Å². The second kappa shape index (κ2) is 10.9. The van der Waals surface area contributed by atoms with E-state index in [0.29, 0.717) is 42.2 Å². The Labute approximate surface area is 203 Å². The maximum Gasteiger partial charge on any atom is 0.271 e. The molecule has 1 N–H and O–H groups in total. The minimum atomic E-state index is -0.371. The van der Waals surface area contributed by atoms with E-state index in [9.17, 15) is 4.79 Å². The number of amides is 1. The second-order valence-electron chi connectivity index (χ2n) is 6.27. The maximum absolute atomic E-state index is 12.1. The fourth-order valence-corrected chi connectivity index (χ4v) is 3.83. The number of carbonyl (C=O) groups excluding carboxylic acids is 1. The molecule has 31 heavy (non-hydrogen) atoms. The highest BCUT2D eigenvalue weighted by Crippen LogP contribution is 2.37. The number of carbonyl (C=O) groups is 1. The fraction of sp³-hybridized carbons (Fsp3) is 0.0909. The summed E-state index contributed by atoms with van der Waals surface area (Å²) < 4.78 is 12.0. The van der Waals surface area contributed by atoms with Gasteiger partial charge in [-0.2, -0.15) is 5.10 Å². The molecule has 160 valence electrons. The van der Waals surface area contributed by atoms with E-state index >= 15 is 0 Å². The maximum atomic E-state index is 12.1. The van der Waals surface area contributed by atoms with Crippen LogP contribution in [0, 0.1) is 0 Å². The van der Waals surface area contributed by atoms with Crippen LogP contribution in [0.5, 0.6) is 11.5 Å². The number of nitrogens with zero attached hydrogens (tertiary/aromatic N) is 1. The molecule has 0 fully saturated rings. The zero-order valence-corrected chi connectivity index (χ0v) is 20.0. The summed E-state index contributed by atoms with van der Waals surface area (Å²) in [7, 11) is 1.53. The lowest BCUT2D eigenvalue weighted by Crippen LogP contribution is -2.17. The summed E-state index contributed by atoms with van der Waals surface area (Å²) in [5.74, 6) is 0.625. The molecule has 0 bridgehead atoms. The van der Waals surface area contributed by atoms with Gasteiger partial charge in [-0.3, -0.25) is 4.79 Å². The highest BCUT2D eigenvalue weighted by atomic mass is 79.9. The molecule has 3 rings (SSSR count). The molecule has 0 aliphatic heterocycles. The highest BCUT2D eigenvalue weighted by Gasteiger charge is 2.13. The SMILES string of the molecule is COc1cc(/C=N\NC(=O)c2cccc(Cl)c2)cc(Br)c1OCc1ccc(Cl)cc1Cl. The second-order valence-corrected chi connectivity index (χ2v) is 8.40. The molecule has 1 amide bonds. The average molecular weight is 543 g/mol. The van der Waals surface area contributed by atoms with Gasteiger partial charge in [-0.25, -0.2) is 5.43 Å². The number of benzene rings is 3. The van der Waals surface area contributed by atoms with Crippen molar-refractivity contribution in [3.05, 3.63) is 90.8 Å². The molecule has 0 radical (unpaired) electrons. The topological polar surface area (TPSA) is 59.9 Å². The van der Waals surface area contributed by atoms with Gasteiger partial charge in [0, 0.05) is 26.2 Å². The standard InChI is InChI=1S/C22H16BrCl3N2O3/c1-30-20-8-13(11-27-28-22(29)14-3-2-4-16(24)9-14)7-18(23)21(20)31-12-15-5-6-17(25)10-19(15)26/h2-11H,12H2,1H3,(H,28,29)/b27-11-. The predicted molar refractivity (Wildman–Crippen MR) is 128 cm³/mol. The largest absolute Gasteiger partial charge is 0.493 e. The van der Waals surface area contributed by atoms with Crippen LogP contribution in [0.4, 0.5) is 0 Å². The van der Waals surface area contributed by atoms with Crippen molar-refractivity contribution >= 4 is 62.9 Å². The molecule has 0 heterocycles. The van der Waals surface area contributed by atoms with Crippen LogP contribution < -0.4 is 14.9 Å². The molecule has 0 atom stereocenters. The van der Waals surface area contributed by atoms with Gasteiger partial charge in [0.05, 0.1) is 17.8 Å². The van der Waals surface area contributed by atoms with E-state index in [2.05, 4.69) is 26.5 Å². The lowest BCUT2D eigenvalue weighted by molar-refractivity contribution is 0.0955. The summed E-state index contributed by atoms with van der Waals surface area (Å²) in [5, 5.41) is 5.54. The van der Waals surface area contributed by atoms with Gasteiger partial charge in [0.15, 0.2) is 11.5 Å². The Bertz CT molecular complexity index is 1140. The van der Waals surface area contributed by atoms with E-state index in [-0.39, 0.29) is 12.5 Å². The fourth-order valence-electron chi connectivity index (χ4n) is 2.60. The molecule has 0 aliphatic carbocycles. The molecule has 0 aromatic heterocycles. The zero-order chi connectivity index (χ0) is 22.4. The van der Waals surface area contributed by atoms with E-state index in [1.807, 2.05) is 0 Å². The number of rotatable bonds is 7. The van der Waals surface area contributed by atoms with Crippen molar-refractivity contribution in [2.75, 3.05) is 7.11 Å². The van der Waals surface area contributed by atoms with Gasteiger partial charge >= 0.3 is 0 Å². The summed E-state index contributed by atoms with van der Waals surface area (Å²) in [6.07, 6.45) is 1.50. The highest BCUT2D eigenvalue weighted by molar-refractivity contribution is 9.10. The predicted octanol–water partition coefficient (Wildman–Crippen LogP) is 6.76. The van der Waals surface area contributed by atoms with Crippen LogP contribution in [0.1, 0.15) is 21.5 Å². The molecule has 5 nitrogen and oxygen atoms in total. The third kappa shape index (κ3) is 6.37. The summed E-state index contributed by atoms with van der Waals surface area (Å²) in [6.45, 7) is 0.230. The van der Waals surface area contributed by atoms with E-state index < -0.39 is 0 Å². The lowest BCUT2D eigenvalue weighted by atomic mass is 10.2. The van der Waals surface area contributed by atoms with Crippen LogP contribution in [-0.4, -0.2) is 19.2 Å². The van der Waals surface area contributed by atoms with Gasteiger partial charge in [0.2, 0.25) is 0 Å². The Morgan fingerprint density at radius 3 is 2.58 bits per heavy atom. The smallest absolute Gasteiger partial charge is 0.271 e. The zero-order valence-electron chi connectivity index (χ0n) is 16.2. The first kappa shape index (κ1) is 23.4. The molecule has 9 heteroatoms. The van der Waals surface area contributed by atoms with Crippen molar-refractivity contribution in [2.24, 2.45) is 5.10 Å². The van der Waals surface area contributed by atoms with E-state index in [1.54, 1.807) is 54.6 Å². The Balaban J connectivity index is 1.71. The number of halogens is 4. The third-order valence-electron chi connectivity index (χ3n) is 4.11. The number of methoxy groups -OCH3 is 1. The Morgan fingerprint density at radius 2 is 1.87 bits per heavy atom. The molecule has 0 aliphatic rings. The summed E-state index contributed by atoms with van der Waals surface area (Å²) in [4.78, 5) is 12.1. The number of hydrazone groups is 1. The molecule has 0 saturated carbocycles. The van der Waals surface area contributed by atoms with Crippen molar-refractivity contribution in [3.63, 3.8) is 0 Å². The van der Waals surface area contributed by atoms with Crippen molar-refractivity contribution in [3.8, 4) is 11.5 Å². The monoisotopic (exact) mass is 540 g/mol. The Morgan fingerprint density at radius 1 is 1.10 bits per heavy atom. The summed E-state index contributed by atoms with van der Waals surface area (Å²) in [5.41, 5.74) is 4.35. The van der Waals surface area contributed by atoms with Gasteiger partial charge in [-0.15, -0.1) is 0 Å². The first-order valence-electron chi connectivity index (χ1n) is 8.90. The van der Waals surface area contributed by atoms with Crippen LogP contribution >= 0.6 is 50.7 Å². The third-order valence-corrected chi connectivity index (χ3v) is 5.52. The number of hydrogen-bond donors (Lipinski definition) is 1. The van der Waals surface area contributed by atoms with E-state index in [0.717, 1.165) is 5.56 Å². The average Bonchev–Trinajstić information content (AvgIpc) is 2.73. The molecule has 0 unspecified atom stereocenters. The first-order chi connectivity index (χ1) is 14.9. The van der Waals surface area contributed by atoms with Crippen LogP contribution in [0.3, 0.4) is 0 Å². The Kier molecular flexibility index (Phi) is 8.21. The van der Waals surface area contributed by atoms with Crippen LogP contribution in [-0.2, 0) is 6.61 Å². The normalized spacial score (nSPS) is 10.9. The minimum absolute atomic E-state index is 0.230. The quantitative estimate of drug-likeness (QED) is 0.265. The summed E-state index contributed by atoms with van der Waals surface area (Å²) in [6, 6.07) is 15.3. The summed E-state index contributed by atoms with van der Waals surface area (Å²) >= 11 is 21.5. The van der Waals surface area contributed by atoms with Gasteiger partial charge in [0.25, 0.3) is 5.91 Å². The van der Waals surface area contributed by atoms with Gasteiger partial charge in [-0.1, -0.05) is 46.9 Å². The number of ether oxygens (including phenoxy) is 2. The number of nitrogens with one attached hydrogen (secondary N) is 1. The Hall–Kier alpha value is -2.25. The lowest BCUT2D eigenvalue weighted by Gasteiger charge is -2.14. The van der Waals surface area contributed by atoms with Crippen LogP contribution in [0.25, 0.3) is 0 Å². The molecular weight excluding hydrogens is 527 g/mol. The first-order valence-corrected chi connectivity index (χ1v) is 10.8. The van der Waals surface area contributed by atoms with Crippen LogP contribution in [0.2, 0.25) is 15.1 Å².